The van der Waals surface area contributed by atoms with E-state index in [1.165, 1.54) is 5.39 Å². The second-order valence-electron chi connectivity index (χ2n) is 4.78. The summed E-state index contributed by atoms with van der Waals surface area (Å²) in [5.74, 6) is -0.948. The number of carboxylic acid groups (broad SMARTS) is 1. The van der Waals surface area contributed by atoms with E-state index < -0.39 is 5.97 Å². The first-order valence-corrected chi connectivity index (χ1v) is 6.80. The molecule has 0 aliphatic carbocycles. The van der Waals surface area contributed by atoms with Gasteiger partial charge in [0.05, 0.1) is 5.52 Å². The van der Waals surface area contributed by atoms with Gasteiger partial charge in [0.1, 0.15) is 0 Å². The van der Waals surface area contributed by atoms with Crippen molar-refractivity contribution in [3.05, 3.63) is 42.1 Å². The number of carbonyl (C=O) groups excluding carboxylic acids is 1. The normalized spacial score (nSPS) is 10.7. The zero-order valence-electron chi connectivity index (χ0n) is 11.0. The standard InChI is InChI=1S/C16H19NO2/c18-16(19)10-4-2-1-3-8-14-12-11-13-7-5-6-9-15(13)17-14/h5-7,9,11-12H,1-4,8,10H2,(H,18,19)/p-1. The van der Waals surface area contributed by atoms with Crippen molar-refractivity contribution in [3.8, 4) is 0 Å². The Morgan fingerprint density at radius 1 is 1.00 bits per heavy atom. The topological polar surface area (TPSA) is 53.0 Å². The van der Waals surface area contributed by atoms with E-state index in [-0.39, 0.29) is 6.42 Å². The number of fused-ring (bicyclic) bond motifs is 1. The van der Waals surface area contributed by atoms with Crippen molar-refractivity contribution in [2.24, 2.45) is 0 Å². The van der Waals surface area contributed by atoms with Gasteiger partial charge >= 0.3 is 0 Å². The zero-order valence-corrected chi connectivity index (χ0v) is 11.0. The quantitative estimate of drug-likeness (QED) is 0.715. The van der Waals surface area contributed by atoms with E-state index in [1.807, 2.05) is 18.2 Å². The Morgan fingerprint density at radius 2 is 1.79 bits per heavy atom. The van der Waals surface area contributed by atoms with Crippen LogP contribution in [0, 0.1) is 0 Å². The van der Waals surface area contributed by atoms with Gasteiger partial charge in [-0.3, -0.25) is 4.98 Å². The van der Waals surface area contributed by atoms with Crippen LogP contribution in [0.25, 0.3) is 10.9 Å². The number of para-hydroxylation sites is 1. The van der Waals surface area contributed by atoms with E-state index in [4.69, 9.17) is 0 Å². The number of pyridine rings is 1. The van der Waals surface area contributed by atoms with Gasteiger partial charge in [0, 0.05) is 17.0 Å². The SMILES string of the molecule is O=C([O-])CCCCCCc1ccc2ccccc2n1. The Labute approximate surface area is 113 Å². The molecule has 0 N–H and O–H groups in total. The third-order valence-corrected chi connectivity index (χ3v) is 3.22. The van der Waals surface area contributed by atoms with Crippen LogP contribution in [0.3, 0.4) is 0 Å². The summed E-state index contributed by atoms with van der Waals surface area (Å²) in [5.41, 5.74) is 2.15. The third kappa shape index (κ3) is 4.36. The van der Waals surface area contributed by atoms with Crippen LogP contribution < -0.4 is 5.11 Å². The molecule has 0 saturated carbocycles. The molecule has 0 bridgehead atoms. The summed E-state index contributed by atoms with van der Waals surface area (Å²) in [6.45, 7) is 0. The van der Waals surface area contributed by atoms with E-state index in [0.717, 1.165) is 36.9 Å². The highest BCUT2D eigenvalue weighted by Gasteiger charge is 1.98. The highest BCUT2D eigenvalue weighted by atomic mass is 16.4. The van der Waals surface area contributed by atoms with E-state index in [9.17, 15) is 9.90 Å². The molecular weight excluding hydrogens is 238 g/mol. The van der Waals surface area contributed by atoms with Crippen LogP contribution in [0.1, 0.15) is 37.8 Å². The lowest BCUT2D eigenvalue weighted by Gasteiger charge is -2.04. The molecule has 0 radical (unpaired) electrons. The summed E-state index contributed by atoms with van der Waals surface area (Å²) >= 11 is 0. The molecule has 0 amide bonds. The molecule has 3 heteroatoms. The summed E-state index contributed by atoms with van der Waals surface area (Å²) in [4.78, 5) is 14.9. The van der Waals surface area contributed by atoms with Crippen molar-refractivity contribution in [2.45, 2.75) is 38.5 Å². The molecule has 1 aromatic carbocycles. The second-order valence-corrected chi connectivity index (χ2v) is 4.78. The zero-order chi connectivity index (χ0) is 13.5. The lowest BCUT2D eigenvalue weighted by atomic mass is 10.1. The summed E-state index contributed by atoms with van der Waals surface area (Å²) < 4.78 is 0. The van der Waals surface area contributed by atoms with Gasteiger partial charge in [0.25, 0.3) is 0 Å². The number of aryl methyl sites for hydroxylation is 1. The molecule has 0 spiro atoms. The summed E-state index contributed by atoms with van der Waals surface area (Å²) in [5, 5.41) is 11.4. The largest absolute Gasteiger partial charge is 0.550 e. The maximum atomic E-state index is 10.3. The molecule has 0 atom stereocenters. The van der Waals surface area contributed by atoms with E-state index >= 15 is 0 Å². The van der Waals surface area contributed by atoms with Gasteiger partial charge in [-0.2, -0.15) is 0 Å². The molecule has 2 rings (SSSR count). The van der Waals surface area contributed by atoms with E-state index in [2.05, 4.69) is 23.2 Å². The fourth-order valence-electron chi connectivity index (χ4n) is 2.18. The number of hydrogen-bond acceptors (Lipinski definition) is 3. The number of aliphatic carboxylic acids is 1. The molecule has 0 unspecified atom stereocenters. The van der Waals surface area contributed by atoms with Crippen LogP contribution in [0.4, 0.5) is 0 Å². The summed E-state index contributed by atoms with van der Waals surface area (Å²) in [6.07, 6.45) is 4.89. The van der Waals surface area contributed by atoms with Gasteiger partial charge in [-0.25, -0.2) is 0 Å². The number of carbonyl (C=O) groups is 1. The number of nitrogens with zero attached hydrogens (tertiary/aromatic N) is 1. The number of unbranched alkanes of at least 4 members (excludes halogenated alkanes) is 3. The Morgan fingerprint density at radius 3 is 2.63 bits per heavy atom. The maximum absolute atomic E-state index is 10.3. The van der Waals surface area contributed by atoms with Crippen LogP contribution in [-0.2, 0) is 11.2 Å². The van der Waals surface area contributed by atoms with Gasteiger partial charge < -0.3 is 9.90 Å². The van der Waals surface area contributed by atoms with Gasteiger partial charge in [0.2, 0.25) is 0 Å². The monoisotopic (exact) mass is 256 g/mol. The Balaban J connectivity index is 1.77. The van der Waals surface area contributed by atoms with Gasteiger partial charge in [0.15, 0.2) is 0 Å². The minimum Gasteiger partial charge on any atom is -0.550 e. The number of rotatable bonds is 7. The van der Waals surface area contributed by atoms with Gasteiger partial charge in [-0.15, -0.1) is 0 Å². The molecule has 2 aromatic rings. The Hall–Kier alpha value is -1.90. The lowest BCUT2D eigenvalue weighted by molar-refractivity contribution is -0.305. The van der Waals surface area contributed by atoms with Gasteiger partial charge in [-0.1, -0.05) is 37.1 Å². The number of hydrogen-bond donors (Lipinski definition) is 0. The smallest absolute Gasteiger partial charge is 0.0705 e. The summed E-state index contributed by atoms with van der Waals surface area (Å²) in [7, 11) is 0. The van der Waals surface area contributed by atoms with Crippen LogP contribution in [0.5, 0.6) is 0 Å². The first-order chi connectivity index (χ1) is 9.25. The van der Waals surface area contributed by atoms with Crippen LogP contribution in [0.2, 0.25) is 0 Å². The van der Waals surface area contributed by atoms with Crippen molar-refractivity contribution in [2.75, 3.05) is 0 Å². The van der Waals surface area contributed by atoms with E-state index in [1.54, 1.807) is 0 Å². The summed E-state index contributed by atoms with van der Waals surface area (Å²) in [6, 6.07) is 12.3. The van der Waals surface area contributed by atoms with Gasteiger partial charge in [-0.05, 0) is 37.8 Å². The highest BCUT2D eigenvalue weighted by Crippen LogP contribution is 2.14. The number of aromatic nitrogens is 1. The molecule has 3 nitrogen and oxygen atoms in total. The predicted molar refractivity (Wildman–Crippen MR) is 73.5 cm³/mol. The van der Waals surface area contributed by atoms with Crippen molar-refractivity contribution in [3.63, 3.8) is 0 Å². The molecule has 100 valence electrons. The predicted octanol–water partition coefficient (Wildman–Crippen LogP) is 2.48. The molecule has 0 aliphatic rings. The fourth-order valence-corrected chi connectivity index (χ4v) is 2.18. The van der Waals surface area contributed by atoms with Crippen LogP contribution in [0.15, 0.2) is 36.4 Å². The maximum Gasteiger partial charge on any atom is 0.0705 e. The average Bonchev–Trinajstić information content (AvgIpc) is 2.42. The van der Waals surface area contributed by atoms with Crippen molar-refractivity contribution in [1.82, 2.24) is 4.98 Å². The van der Waals surface area contributed by atoms with Crippen molar-refractivity contribution >= 4 is 16.9 Å². The fraction of sp³-hybridized carbons (Fsp3) is 0.375. The number of benzene rings is 1. The van der Waals surface area contributed by atoms with Crippen LogP contribution in [-0.4, -0.2) is 11.0 Å². The average molecular weight is 256 g/mol. The first kappa shape index (κ1) is 13.5. The Kier molecular flexibility index (Phi) is 4.90. The molecule has 0 aliphatic heterocycles. The molecular formula is C16H18NO2-. The molecule has 0 saturated heterocycles. The first-order valence-electron chi connectivity index (χ1n) is 6.80. The van der Waals surface area contributed by atoms with Crippen molar-refractivity contribution < 1.29 is 9.90 Å². The molecule has 19 heavy (non-hydrogen) atoms. The minimum absolute atomic E-state index is 0.175. The van der Waals surface area contributed by atoms with Crippen molar-refractivity contribution in [1.29, 1.82) is 0 Å². The minimum atomic E-state index is -0.948. The van der Waals surface area contributed by atoms with Crippen LogP contribution >= 0.6 is 0 Å². The highest BCUT2D eigenvalue weighted by molar-refractivity contribution is 5.78. The number of carboxylic acids is 1. The lowest BCUT2D eigenvalue weighted by Crippen LogP contribution is -2.21. The molecule has 0 fully saturated rings. The molecule has 1 heterocycles. The van der Waals surface area contributed by atoms with E-state index in [0.29, 0.717) is 6.42 Å². The third-order valence-electron chi connectivity index (χ3n) is 3.22. The molecule has 1 aromatic heterocycles. The second kappa shape index (κ2) is 6.88. The Bertz CT molecular complexity index is 551.